The van der Waals surface area contributed by atoms with Gasteiger partial charge in [0.1, 0.15) is 12.7 Å². The van der Waals surface area contributed by atoms with Crippen LogP contribution >= 0.6 is 0 Å². The molecule has 0 amide bonds. The summed E-state index contributed by atoms with van der Waals surface area (Å²) in [5.74, 6) is 0.301. The quantitative estimate of drug-likeness (QED) is 0.435. The molecular formula is C31H48O5. The van der Waals surface area contributed by atoms with Crippen LogP contribution in [-0.2, 0) is 19.1 Å². The number of cyclic esters (lactones) is 1. The van der Waals surface area contributed by atoms with Crippen LogP contribution in [0.3, 0.4) is 0 Å². The van der Waals surface area contributed by atoms with Gasteiger partial charge in [0.25, 0.3) is 0 Å². The molecule has 4 fully saturated rings. The first-order chi connectivity index (χ1) is 17.0. The molecule has 0 aromatic heterocycles. The topological polar surface area (TPSA) is 72.8 Å². The summed E-state index contributed by atoms with van der Waals surface area (Å²) in [6.07, 6.45) is 17.5. The number of fused-ring (bicyclic) bond motifs is 1. The van der Waals surface area contributed by atoms with Crippen molar-refractivity contribution in [2.75, 3.05) is 6.61 Å². The molecular weight excluding hydrogens is 452 g/mol. The summed E-state index contributed by atoms with van der Waals surface area (Å²) in [4.78, 5) is 23.9. The summed E-state index contributed by atoms with van der Waals surface area (Å²) in [5.41, 5.74) is 0.410. The van der Waals surface area contributed by atoms with Crippen molar-refractivity contribution in [1.29, 1.82) is 0 Å². The molecule has 0 aromatic rings. The number of ether oxygens (including phenoxy) is 2. The van der Waals surface area contributed by atoms with Crippen LogP contribution in [0.5, 0.6) is 0 Å². The fraction of sp³-hybridized carbons (Fsp3) is 0.871. The third-order valence-electron chi connectivity index (χ3n) is 12.1. The van der Waals surface area contributed by atoms with Crippen LogP contribution in [0.25, 0.3) is 0 Å². The van der Waals surface area contributed by atoms with Gasteiger partial charge in [0.05, 0.1) is 5.60 Å². The molecule has 1 aliphatic heterocycles. The molecule has 0 bridgehead atoms. The Bertz CT molecular complexity index is 893. The van der Waals surface area contributed by atoms with Crippen molar-refractivity contribution in [3.8, 4) is 0 Å². The second-order valence-corrected chi connectivity index (χ2v) is 13.9. The van der Waals surface area contributed by atoms with E-state index in [0.717, 1.165) is 24.8 Å². The zero-order valence-electron chi connectivity index (χ0n) is 23.1. The van der Waals surface area contributed by atoms with Crippen molar-refractivity contribution in [3.05, 3.63) is 11.6 Å². The lowest BCUT2D eigenvalue weighted by atomic mass is 9.40. The van der Waals surface area contributed by atoms with Crippen LogP contribution in [0, 0.1) is 34.0 Å². The maximum absolute atomic E-state index is 12.6. The van der Waals surface area contributed by atoms with Crippen molar-refractivity contribution in [2.45, 2.75) is 129 Å². The van der Waals surface area contributed by atoms with E-state index in [1.54, 1.807) is 6.08 Å². The zero-order valence-corrected chi connectivity index (χ0v) is 23.1. The summed E-state index contributed by atoms with van der Waals surface area (Å²) in [5, 5.41) is 12.6. The minimum absolute atomic E-state index is 0.0113. The second-order valence-electron chi connectivity index (χ2n) is 13.9. The van der Waals surface area contributed by atoms with E-state index in [1.807, 2.05) is 0 Å². The standard InChI is InChI=1S/C31H48O5/c1-21-18-25(36-22(2)32)27-28(3,24-9-15-30(16-10-24)13-5-6-14-30)11-7-12-29(27,4)31(21,34)17-8-23-19-26(33)35-20-23/h19,21,24-25,27,34H,5-18,20H2,1-4H3. The van der Waals surface area contributed by atoms with E-state index >= 15 is 0 Å². The maximum atomic E-state index is 12.6. The number of carbonyl (C=O) groups excluding carboxylic acids is 2. The van der Waals surface area contributed by atoms with E-state index in [-0.39, 0.29) is 40.7 Å². The Hall–Kier alpha value is -1.36. The Labute approximate surface area is 217 Å². The molecule has 1 heterocycles. The van der Waals surface area contributed by atoms with Gasteiger partial charge in [-0.05, 0) is 98.9 Å². The fourth-order valence-electron chi connectivity index (χ4n) is 10.2. The highest BCUT2D eigenvalue weighted by molar-refractivity contribution is 5.85. The molecule has 5 heteroatoms. The van der Waals surface area contributed by atoms with Crippen molar-refractivity contribution in [3.63, 3.8) is 0 Å². The average molecular weight is 501 g/mol. The number of hydrogen-bond donors (Lipinski definition) is 1. The van der Waals surface area contributed by atoms with Crippen molar-refractivity contribution < 1.29 is 24.2 Å². The highest BCUT2D eigenvalue weighted by atomic mass is 16.5. The van der Waals surface area contributed by atoms with Crippen LogP contribution < -0.4 is 0 Å². The molecule has 0 radical (unpaired) electrons. The molecule has 5 rings (SSSR count). The first kappa shape index (κ1) is 26.3. The van der Waals surface area contributed by atoms with Gasteiger partial charge in [-0.1, -0.05) is 40.0 Å². The molecule has 36 heavy (non-hydrogen) atoms. The molecule has 4 saturated carbocycles. The monoisotopic (exact) mass is 500 g/mol. The van der Waals surface area contributed by atoms with Gasteiger partial charge < -0.3 is 14.6 Å². The first-order valence-electron chi connectivity index (χ1n) is 14.8. The Balaban J connectivity index is 1.45. The Morgan fingerprint density at radius 3 is 2.39 bits per heavy atom. The van der Waals surface area contributed by atoms with Crippen LogP contribution in [0.15, 0.2) is 11.6 Å². The summed E-state index contributed by atoms with van der Waals surface area (Å²) >= 11 is 0. The Morgan fingerprint density at radius 1 is 1.08 bits per heavy atom. The van der Waals surface area contributed by atoms with Gasteiger partial charge in [-0.2, -0.15) is 0 Å². The number of aliphatic hydroxyl groups is 1. The zero-order chi connectivity index (χ0) is 25.8. The average Bonchev–Trinajstić information content (AvgIpc) is 3.45. The predicted molar refractivity (Wildman–Crippen MR) is 139 cm³/mol. The fourth-order valence-corrected chi connectivity index (χ4v) is 10.2. The molecule has 6 atom stereocenters. The SMILES string of the molecule is CC(=O)OC1CC(C)C(O)(CCC2=CC(=O)OC2)C2(C)CCCC(C)(C3CCC4(CCCC4)CC3)C12. The third kappa shape index (κ3) is 4.25. The van der Waals surface area contributed by atoms with Gasteiger partial charge in [-0.15, -0.1) is 0 Å². The highest BCUT2D eigenvalue weighted by Crippen LogP contribution is 2.68. The smallest absolute Gasteiger partial charge is 0.331 e. The number of rotatable bonds is 5. The van der Waals surface area contributed by atoms with Crippen molar-refractivity contribution in [2.24, 2.45) is 34.0 Å². The van der Waals surface area contributed by atoms with Gasteiger partial charge in [-0.25, -0.2) is 4.79 Å². The lowest BCUT2D eigenvalue weighted by molar-refractivity contribution is -0.261. The van der Waals surface area contributed by atoms with Crippen LogP contribution in [-0.4, -0.2) is 35.4 Å². The molecule has 4 aliphatic carbocycles. The van der Waals surface area contributed by atoms with E-state index in [2.05, 4.69) is 20.8 Å². The largest absolute Gasteiger partial charge is 0.462 e. The highest BCUT2D eigenvalue weighted by Gasteiger charge is 2.67. The van der Waals surface area contributed by atoms with Gasteiger partial charge in [0.2, 0.25) is 0 Å². The van der Waals surface area contributed by atoms with E-state index in [0.29, 0.717) is 37.2 Å². The molecule has 202 valence electrons. The number of hydrogen-bond acceptors (Lipinski definition) is 5. The summed E-state index contributed by atoms with van der Waals surface area (Å²) in [6, 6.07) is 0. The van der Waals surface area contributed by atoms with Crippen LogP contribution in [0.1, 0.15) is 118 Å². The van der Waals surface area contributed by atoms with Gasteiger partial charge in [0.15, 0.2) is 0 Å². The molecule has 1 N–H and O–H groups in total. The third-order valence-corrected chi connectivity index (χ3v) is 12.1. The van der Waals surface area contributed by atoms with E-state index in [1.165, 1.54) is 58.3 Å². The summed E-state index contributed by atoms with van der Waals surface area (Å²) in [6.45, 7) is 8.80. The number of esters is 2. The van der Waals surface area contributed by atoms with Gasteiger partial charge in [0, 0.05) is 24.3 Å². The summed E-state index contributed by atoms with van der Waals surface area (Å²) in [7, 11) is 0. The lowest BCUT2D eigenvalue weighted by Gasteiger charge is -2.67. The van der Waals surface area contributed by atoms with Crippen LogP contribution in [0.2, 0.25) is 0 Å². The molecule has 5 aliphatic rings. The Kier molecular flexibility index (Phi) is 6.88. The van der Waals surface area contributed by atoms with Crippen molar-refractivity contribution >= 4 is 11.9 Å². The normalized spacial score (nSPS) is 42.6. The maximum Gasteiger partial charge on any atom is 0.331 e. The summed E-state index contributed by atoms with van der Waals surface area (Å²) < 4.78 is 11.3. The van der Waals surface area contributed by atoms with E-state index in [9.17, 15) is 14.7 Å². The van der Waals surface area contributed by atoms with Crippen molar-refractivity contribution in [1.82, 2.24) is 0 Å². The van der Waals surface area contributed by atoms with Gasteiger partial charge in [-0.3, -0.25) is 4.79 Å². The molecule has 5 nitrogen and oxygen atoms in total. The second kappa shape index (κ2) is 9.43. The molecule has 0 saturated heterocycles. The molecule has 6 unspecified atom stereocenters. The lowest BCUT2D eigenvalue weighted by Crippen LogP contribution is -2.68. The van der Waals surface area contributed by atoms with Gasteiger partial charge >= 0.3 is 11.9 Å². The molecule has 0 aromatic carbocycles. The molecule has 1 spiro atoms. The number of carbonyl (C=O) groups is 2. The Morgan fingerprint density at radius 2 is 1.78 bits per heavy atom. The van der Waals surface area contributed by atoms with E-state index in [4.69, 9.17) is 9.47 Å². The van der Waals surface area contributed by atoms with E-state index < -0.39 is 5.60 Å². The van der Waals surface area contributed by atoms with Crippen LogP contribution in [0.4, 0.5) is 0 Å². The minimum Gasteiger partial charge on any atom is -0.462 e. The predicted octanol–water partition coefficient (Wildman–Crippen LogP) is 6.52. The first-order valence-corrected chi connectivity index (χ1v) is 14.8. The minimum atomic E-state index is -0.871.